The molecule has 3 aromatic carbocycles. The van der Waals surface area contributed by atoms with Crippen LogP contribution in [0.4, 0.5) is 0 Å². The van der Waals surface area contributed by atoms with Crippen molar-refractivity contribution in [3.8, 4) is 0 Å². The normalized spacial score (nSPS) is 13.4. The van der Waals surface area contributed by atoms with Gasteiger partial charge in [-0.25, -0.2) is 8.42 Å². The zero-order chi connectivity index (χ0) is 23.3. The first kappa shape index (κ1) is 24.7. The van der Waals surface area contributed by atoms with Gasteiger partial charge in [-0.15, -0.1) is 0 Å². The molecule has 2 N–H and O–H groups in total. The Morgan fingerprint density at radius 2 is 1.72 bits per heavy atom. The number of carbonyl (C=O) groups excluding carboxylic acids is 1. The second-order valence-electron chi connectivity index (χ2n) is 7.22. The minimum atomic E-state index is -4.12. The number of hydrogen-bond acceptors (Lipinski definition) is 3. The molecule has 0 fully saturated rings. The van der Waals surface area contributed by atoms with Crippen LogP contribution < -0.4 is 10.0 Å². The Hall–Kier alpha value is -1.90. The van der Waals surface area contributed by atoms with E-state index in [4.69, 9.17) is 23.2 Å². The van der Waals surface area contributed by atoms with E-state index in [1.807, 2.05) is 61.5 Å². The predicted molar refractivity (Wildman–Crippen MR) is 131 cm³/mol. The van der Waals surface area contributed by atoms with E-state index in [-0.39, 0.29) is 27.4 Å². The second-order valence-corrected chi connectivity index (χ2v) is 10.7. The first-order valence-corrected chi connectivity index (χ1v) is 12.8. The van der Waals surface area contributed by atoms with Crippen LogP contribution in [0.25, 0.3) is 0 Å². The minimum Gasteiger partial charge on any atom is -0.348 e. The maximum absolute atomic E-state index is 13.2. The number of rotatable bonds is 8. The van der Waals surface area contributed by atoms with Crippen molar-refractivity contribution in [3.05, 3.63) is 98.4 Å². The monoisotopic (exact) mass is 554 g/mol. The van der Waals surface area contributed by atoms with Gasteiger partial charge in [0.25, 0.3) is 0 Å². The van der Waals surface area contributed by atoms with Gasteiger partial charge in [-0.1, -0.05) is 81.6 Å². The molecule has 3 rings (SSSR count). The molecule has 1 amide bonds. The summed E-state index contributed by atoms with van der Waals surface area (Å²) < 4.78 is 29.5. The van der Waals surface area contributed by atoms with Crippen molar-refractivity contribution in [3.63, 3.8) is 0 Å². The van der Waals surface area contributed by atoms with Crippen LogP contribution in [-0.2, 0) is 21.2 Å². The largest absolute Gasteiger partial charge is 0.348 e. The Bertz CT molecular complexity index is 1210. The standard InChI is InChI=1S/C23H21BrCl2N2O3S/c1-15(17-8-5-9-18(24)13-17)27-23(29)21(12-16-6-3-2-4-7-16)28-32(30,31)22-14-19(25)10-11-20(22)26/h2-11,13-15,21,28H,12H2,1H3,(H,27,29)/t15-,21+/m1/s1. The average molecular weight is 556 g/mol. The SMILES string of the molecule is C[C@@H](NC(=O)[C@H](Cc1ccccc1)NS(=O)(=O)c1cc(Cl)ccc1Cl)c1cccc(Br)c1. The van der Waals surface area contributed by atoms with Gasteiger partial charge < -0.3 is 5.32 Å². The summed E-state index contributed by atoms with van der Waals surface area (Å²) in [6.07, 6.45) is 0.162. The van der Waals surface area contributed by atoms with Gasteiger partial charge in [-0.2, -0.15) is 4.72 Å². The third-order valence-electron chi connectivity index (χ3n) is 4.79. The highest BCUT2D eigenvalue weighted by Crippen LogP contribution is 2.25. The van der Waals surface area contributed by atoms with Gasteiger partial charge in [0.2, 0.25) is 15.9 Å². The van der Waals surface area contributed by atoms with Crippen LogP contribution in [0.3, 0.4) is 0 Å². The van der Waals surface area contributed by atoms with E-state index >= 15 is 0 Å². The number of hydrogen-bond donors (Lipinski definition) is 2. The van der Waals surface area contributed by atoms with E-state index < -0.39 is 22.0 Å². The van der Waals surface area contributed by atoms with Crippen LogP contribution in [0.15, 0.2) is 82.2 Å². The molecule has 0 saturated carbocycles. The van der Waals surface area contributed by atoms with Gasteiger partial charge in [0.15, 0.2) is 0 Å². The molecule has 0 aromatic heterocycles. The van der Waals surface area contributed by atoms with E-state index in [0.717, 1.165) is 15.6 Å². The number of carbonyl (C=O) groups is 1. The molecule has 0 saturated heterocycles. The molecular weight excluding hydrogens is 535 g/mol. The number of sulfonamides is 1. The van der Waals surface area contributed by atoms with Crippen LogP contribution >= 0.6 is 39.1 Å². The molecule has 0 aliphatic carbocycles. The molecule has 0 heterocycles. The van der Waals surface area contributed by atoms with Crippen LogP contribution in [0, 0.1) is 0 Å². The summed E-state index contributed by atoms with van der Waals surface area (Å²) in [6, 6.07) is 19.5. The van der Waals surface area contributed by atoms with Crippen molar-refractivity contribution in [1.82, 2.24) is 10.0 Å². The topological polar surface area (TPSA) is 75.3 Å². The van der Waals surface area contributed by atoms with Gasteiger partial charge in [0.1, 0.15) is 10.9 Å². The second kappa shape index (κ2) is 10.8. The summed E-state index contributed by atoms with van der Waals surface area (Å²) in [7, 11) is -4.12. The fourth-order valence-corrected chi connectivity index (χ4v) is 5.52. The number of nitrogens with one attached hydrogen (secondary N) is 2. The molecule has 9 heteroatoms. The molecule has 0 aliphatic heterocycles. The van der Waals surface area contributed by atoms with Crippen molar-refractivity contribution >= 4 is 55.1 Å². The highest BCUT2D eigenvalue weighted by molar-refractivity contribution is 9.10. The van der Waals surface area contributed by atoms with Gasteiger partial charge in [-0.05, 0) is 54.8 Å². The lowest BCUT2D eigenvalue weighted by atomic mass is 10.0. The Morgan fingerprint density at radius 3 is 2.41 bits per heavy atom. The van der Waals surface area contributed by atoms with Gasteiger partial charge in [0, 0.05) is 9.50 Å². The minimum absolute atomic E-state index is 0.0169. The maximum Gasteiger partial charge on any atom is 0.242 e. The van der Waals surface area contributed by atoms with Gasteiger partial charge in [0.05, 0.1) is 11.1 Å². The van der Waals surface area contributed by atoms with Crippen LogP contribution in [-0.4, -0.2) is 20.4 Å². The lowest BCUT2D eigenvalue weighted by Crippen LogP contribution is -2.48. The molecule has 3 aromatic rings. The lowest BCUT2D eigenvalue weighted by Gasteiger charge is -2.22. The fourth-order valence-electron chi connectivity index (χ4n) is 3.14. The van der Waals surface area contributed by atoms with E-state index in [9.17, 15) is 13.2 Å². The number of halogens is 3. The summed E-state index contributed by atoms with van der Waals surface area (Å²) in [5, 5.41) is 3.14. The summed E-state index contributed by atoms with van der Waals surface area (Å²) >= 11 is 15.5. The highest BCUT2D eigenvalue weighted by atomic mass is 79.9. The molecule has 32 heavy (non-hydrogen) atoms. The summed E-state index contributed by atoms with van der Waals surface area (Å²) in [5.41, 5.74) is 1.69. The summed E-state index contributed by atoms with van der Waals surface area (Å²) in [5.74, 6) is -0.456. The van der Waals surface area contributed by atoms with Crippen LogP contribution in [0.1, 0.15) is 24.1 Å². The highest BCUT2D eigenvalue weighted by Gasteiger charge is 2.28. The Kier molecular flexibility index (Phi) is 8.36. The van der Waals surface area contributed by atoms with Crippen molar-refractivity contribution in [2.24, 2.45) is 0 Å². The Labute approximate surface area is 206 Å². The molecule has 0 radical (unpaired) electrons. The first-order valence-electron chi connectivity index (χ1n) is 9.73. The average Bonchev–Trinajstić information content (AvgIpc) is 2.75. The summed E-state index contributed by atoms with van der Waals surface area (Å²) in [6.45, 7) is 1.83. The van der Waals surface area contributed by atoms with Crippen molar-refractivity contribution < 1.29 is 13.2 Å². The predicted octanol–water partition coefficient (Wildman–Crippen LogP) is 5.52. The van der Waals surface area contributed by atoms with E-state index in [1.54, 1.807) is 0 Å². The number of amides is 1. The van der Waals surface area contributed by atoms with Crippen molar-refractivity contribution in [2.45, 2.75) is 30.3 Å². The van der Waals surface area contributed by atoms with Gasteiger partial charge >= 0.3 is 0 Å². The zero-order valence-corrected chi connectivity index (χ0v) is 21.0. The third kappa shape index (κ3) is 6.56. The maximum atomic E-state index is 13.2. The van der Waals surface area contributed by atoms with Crippen LogP contribution in [0.5, 0.6) is 0 Å². The molecule has 0 spiro atoms. The van der Waals surface area contributed by atoms with Crippen molar-refractivity contribution in [1.29, 1.82) is 0 Å². The first-order chi connectivity index (χ1) is 15.2. The van der Waals surface area contributed by atoms with Gasteiger partial charge in [-0.3, -0.25) is 4.79 Å². The van der Waals surface area contributed by atoms with Crippen molar-refractivity contribution in [2.75, 3.05) is 0 Å². The fraction of sp³-hybridized carbons (Fsp3) is 0.174. The van der Waals surface area contributed by atoms with E-state index in [1.165, 1.54) is 18.2 Å². The Balaban J connectivity index is 1.87. The molecule has 5 nitrogen and oxygen atoms in total. The quantitative estimate of drug-likeness (QED) is 0.384. The summed E-state index contributed by atoms with van der Waals surface area (Å²) in [4.78, 5) is 13.0. The molecule has 2 atom stereocenters. The lowest BCUT2D eigenvalue weighted by molar-refractivity contribution is -0.123. The van der Waals surface area contributed by atoms with Crippen LogP contribution in [0.2, 0.25) is 10.0 Å². The third-order valence-corrected chi connectivity index (χ3v) is 7.47. The van der Waals surface area contributed by atoms with E-state index in [2.05, 4.69) is 26.0 Å². The molecule has 0 unspecified atom stereocenters. The molecular formula is C23H21BrCl2N2O3S. The van der Waals surface area contributed by atoms with E-state index in [0.29, 0.717) is 0 Å². The molecule has 0 aliphatic rings. The Morgan fingerprint density at radius 1 is 1.00 bits per heavy atom. The molecule has 0 bridgehead atoms. The zero-order valence-electron chi connectivity index (χ0n) is 17.1. The smallest absolute Gasteiger partial charge is 0.242 e. The molecule has 168 valence electrons. The number of benzene rings is 3.